The van der Waals surface area contributed by atoms with Crippen LogP contribution in [-0.2, 0) is 0 Å². The van der Waals surface area contributed by atoms with E-state index in [-0.39, 0.29) is 11.6 Å². The molecule has 0 saturated heterocycles. The number of benzene rings is 1. The molecule has 3 heteroatoms. The van der Waals surface area contributed by atoms with Crippen molar-refractivity contribution < 1.29 is 9.18 Å². The number of hydrogen-bond donors (Lipinski definition) is 0. The van der Waals surface area contributed by atoms with Crippen LogP contribution in [-0.4, -0.2) is 19.4 Å². The number of rotatable bonds is 4. The van der Waals surface area contributed by atoms with Crippen LogP contribution >= 0.6 is 0 Å². The first kappa shape index (κ1) is 13.1. The fourth-order valence-electron chi connectivity index (χ4n) is 2.37. The number of carbonyl (C=O) groups excluding carboxylic acids is 1. The lowest BCUT2D eigenvalue weighted by Crippen LogP contribution is -2.23. The summed E-state index contributed by atoms with van der Waals surface area (Å²) >= 11 is 0. The Morgan fingerprint density at radius 3 is 2.61 bits per heavy atom. The second kappa shape index (κ2) is 4.71. The maximum atomic E-state index is 13.5. The first-order valence-electron chi connectivity index (χ1n) is 6.42. The van der Waals surface area contributed by atoms with Crippen molar-refractivity contribution in [2.75, 3.05) is 18.5 Å². The Morgan fingerprint density at radius 2 is 2.11 bits per heavy atom. The van der Waals surface area contributed by atoms with Crippen LogP contribution in [0.5, 0.6) is 0 Å². The highest BCUT2D eigenvalue weighted by Gasteiger charge is 2.33. The van der Waals surface area contributed by atoms with Crippen LogP contribution in [0.4, 0.5) is 10.1 Å². The highest BCUT2D eigenvalue weighted by molar-refractivity contribution is 5.99. The first-order valence-corrected chi connectivity index (χ1v) is 6.42. The van der Waals surface area contributed by atoms with Gasteiger partial charge in [-0.3, -0.25) is 4.79 Å². The van der Waals surface area contributed by atoms with Crippen molar-refractivity contribution in [1.29, 1.82) is 0 Å². The molecule has 0 bridgehead atoms. The SMILES string of the molecule is CC(=O)c1cc(F)c(C)cc1N(C)CC1CC1C. The largest absolute Gasteiger partial charge is 0.374 e. The average molecular weight is 249 g/mol. The van der Waals surface area contributed by atoms with Crippen molar-refractivity contribution in [2.45, 2.75) is 27.2 Å². The fourth-order valence-corrected chi connectivity index (χ4v) is 2.37. The first-order chi connectivity index (χ1) is 8.40. The van der Waals surface area contributed by atoms with E-state index < -0.39 is 0 Å². The molecule has 18 heavy (non-hydrogen) atoms. The zero-order valence-electron chi connectivity index (χ0n) is 11.5. The molecule has 1 aliphatic carbocycles. The van der Waals surface area contributed by atoms with Gasteiger partial charge in [0.1, 0.15) is 5.82 Å². The van der Waals surface area contributed by atoms with E-state index in [9.17, 15) is 9.18 Å². The zero-order chi connectivity index (χ0) is 13.4. The van der Waals surface area contributed by atoms with Gasteiger partial charge < -0.3 is 4.90 Å². The van der Waals surface area contributed by atoms with Crippen LogP contribution in [0.3, 0.4) is 0 Å². The van der Waals surface area contributed by atoms with E-state index in [1.807, 2.05) is 7.05 Å². The molecule has 0 aromatic heterocycles. The van der Waals surface area contributed by atoms with Gasteiger partial charge in [0, 0.05) is 24.8 Å². The minimum Gasteiger partial charge on any atom is -0.374 e. The van der Waals surface area contributed by atoms with Crippen LogP contribution < -0.4 is 4.90 Å². The molecule has 98 valence electrons. The van der Waals surface area contributed by atoms with Crippen LogP contribution in [0.2, 0.25) is 0 Å². The van der Waals surface area contributed by atoms with Crippen molar-refractivity contribution in [3.8, 4) is 0 Å². The quantitative estimate of drug-likeness (QED) is 0.762. The molecular formula is C15H20FNO. The number of halogens is 1. The van der Waals surface area contributed by atoms with Gasteiger partial charge >= 0.3 is 0 Å². The van der Waals surface area contributed by atoms with E-state index in [2.05, 4.69) is 11.8 Å². The maximum absolute atomic E-state index is 13.5. The molecule has 0 radical (unpaired) electrons. The van der Waals surface area contributed by atoms with Crippen molar-refractivity contribution in [3.63, 3.8) is 0 Å². The summed E-state index contributed by atoms with van der Waals surface area (Å²) < 4.78 is 13.5. The third kappa shape index (κ3) is 2.55. The zero-order valence-corrected chi connectivity index (χ0v) is 11.5. The van der Waals surface area contributed by atoms with E-state index in [1.54, 1.807) is 13.0 Å². The summed E-state index contributed by atoms with van der Waals surface area (Å²) in [6.07, 6.45) is 1.25. The highest BCUT2D eigenvalue weighted by atomic mass is 19.1. The summed E-state index contributed by atoms with van der Waals surface area (Å²) in [5.41, 5.74) is 1.92. The van der Waals surface area contributed by atoms with Gasteiger partial charge in [0.15, 0.2) is 5.78 Å². The van der Waals surface area contributed by atoms with E-state index in [4.69, 9.17) is 0 Å². The molecule has 2 atom stereocenters. The molecule has 0 amide bonds. The molecule has 0 heterocycles. The Hall–Kier alpha value is -1.38. The normalized spacial score (nSPS) is 21.8. The van der Waals surface area contributed by atoms with Crippen LogP contribution in [0, 0.1) is 24.6 Å². The van der Waals surface area contributed by atoms with Crippen molar-refractivity contribution in [1.82, 2.24) is 0 Å². The lowest BCUT2D eigenvalue weighted by atomic mass is 10.0. The Balaban J connectivity index is 2.29. The van der Waals surface area contributed by atoms with Crippen molar-refractivity contribution in [2.24, 2.45) is 11.8 Å². The molecule has 1 aromatic rings. The van der Waals surface area contributed by atoms with Gasteiger partial charge in [-0.1, -0.05) is 6.92 Å². The standard InChI is InChI=1S/C15H20FNO/c1-9-5-12(9)8-17(4)15-6-10(2)14(16)7-13(15)11(3)18/h6-7,9,12H,5,8H2,1-4H3. The van der Waals surface area contributed by atoms with Crippen molar-refractivity contribution in [3.05, 3.63) is 29.1 Å². The molecule has 2 unspecified atom stereocenters. The van der Waals surface area contributed by atoms with Gasteiger partial charge in [-0.25, -0.2) is 4.39 Å². The van der Waals surface area contributed by atoms with Gasteiger partial charge in [-0.05, 0) is 49.8 Å². The number of ketones is 1. The number of Topliss-reactive ketones (excluding diaryl/α,β-unsaturated/α-hetero) is 1. The van der Waals surface area contributed by atoms with Crippen LogP contribution in [0.15, 0.2) is 12.1 Å². The molecule has 1 saturated carbocycles. The minimum atomic E-state index is -0.308. The minimum absolute atomic E-state index is 0.0837. The van der Waals surface area contributed by atoms with E-state index in [0.29, 0.717) is 17.0 Å². The number of carbonyl (C=O) groups is 1. The molecule has 0 N–H and O–H groups in total. The molecule has 1 aromatic carbocycles. The second-order valence-corrected chi connectivity index (χ2v) is 5.53. The number of aryl methyl sites for hydroxylation is 1. The maximum Gasteiger partial charge on any atom is 0.161 e. The molecule has 2 rings (SSSR count). The summed E-state index contributed by atoms with van der Waals surface area (Å²) in [5.74, 6) is 1.09. The summed E-state index contributed by atoms with van der Waals surface area (Å²) in [5, 5.41) is 0. The lowest BCUT2D eigenvalue weighted by Gasteiger charge is -2.22. The monoisotopic (exact) mass is 249 g/mol. The summed E-state index contributed by atoms with van der Waals surface area (Å²) in [6, 6.07) is 3.14. The Bertz CT molecular complexity index is 484. The van der Waals surface area contributed by atoms with E-state index >= 15 is 0 Å². The molecular weight excluding hydrogens is 229 g/mol. The molecule has 0 spiro atoms. The number of hydrogen-bond acceptors (Lipinski definition) is 2. The van der Waals surface area contributed by atoms with Gasteiger partial charge in [-0.2, -0.15) is 0 Å². The Morgan fingerprint density at radius 1 is 1.50 bits per heavy atom. The fraction of sp³-hybridized carbons (Fsp3) is 0.533. The second-order valence-electron chi connectivity index (χ2n) is 5.53. The van der Waals surface area contributed by atoms with Gasteiger partial charge in [0.2, 0.25) is 0 Å². The van der Waals surface area contributed by atoms with Gasteiger partial charge in [-0.15, -0.1) is 0 Å². The number of nitrogens with zero attached hydrogens (tertiary/aromatic N) is 1. The molecule has 1 fully saturated rings. The summed E-state index contributed by atoms with van der Waals surface area (Å²) in [6.45, 7) is 6.39. The number of anilines is 1. The smallest absolute Gasteiger partial charge is 0.161 e. The highest BCUT2D eigenvalue weighted by Crippen LogP contribution is 2.39. The predicted molar refractivity (Wildman–Crippen MR) is 71.7 cm³/mol. The average Bonchev–Trinajstić information content (AvgIpc) is 2.97. The topological polar surface area (TPSA) is 20.3 Å². The Labute approximate surface area is 108 Å². The molecule has 1 aliphatic rings. The molecule has 0 aliphatic heterocycles. The third-order valence-electron chi connectivity index (χ3n) is 3.85. The summed E-state index contributed by atoms with van der Waals surface area (Å²) in [4.78, 5) is 13.7. The summed E-state index contributed by atoms with van der Waals surface area (Å²) in [7, 11) is 1.98. The Kier molecular flexibility index (Phi) is 3.42. The third-order valence-corrected chi connectivity index (χ3v) is 3.85. The van der Waals surface area contributed by atoms with Gasteiger partial charge in [0.25, 0.3) is 0 Å². The van der Waals surface area contributed by atoms with E-state index in [0.717, 1.165) is 18.2 Å². The van der Waals surface area contributed by atoms with E-state index in [1.165, 1.54) is 19.4 Å². The van der Waals surface area contributed by atoms with Crippen LogP contribution in [0.25, 0.3) is 0 Å². The van der Waals surface area contributed by atoms with Crippen LogP contribution in [0.1, 0.15) is 36.2 Å². The van der Waals surface area contributed by atoms with Gasteiger partial charge in [0.05, 0.1) is 0 Å². The molecule has 2 nitrogen and oxygen atoms in total. The predicted octanol–water partition coefficient (Wildman–Crippen LogP) is 3.43. The van der Waals surface area contributed by atoms with Crippen molar-refractivity contribution >= 4 is 11.5 Å². The lowest BCUT2D eigenvalue weighted by molar-refractivity contribution is 0.101.